The second kappa shape index (κ2) is 10.2. The monoisotopic (exact) mass is 440 g/mol. The second-order valence-corrected chi connectivity index (χ2v) is 7.94. The Kier molecular flexibility index (Phi) is 7.36. The van der Waals surface area contributed by atoms with Crippen molar-refractivity contribution in [2.24, 2.45) is 4.99 Å². The Morgan fingerprint density at radius 1 is 1.16 bits per heavy atom. The number of amides is 1. The fraction of sp³-hybridized carbons (Fsp3) is 0.261. The molecule has 162 valence electrons. The fourth-order valence-corrected chi connectivity index (χ4v) is 4.05. The highest BCUT2D eigenvalue weighted by atomic mass is 32.2. The lowest BCUT2D eigenvalue weighted by atomic mass is 10.1. The lowest BCUT2D eigenvalue weighted by Crippen LogP contribution is -2.35. The first-order chi connectivity index (χ1) is 14.9. The number of ether oxygens (including phenoxy) is 2. The van der Waals surface area contributed by atoms with E-state index >= 15 is 0 Å². The predicted octanol–water partition coefficient (Wildman–Crippen LogP) is 4.56. The lowest BCUT2D eigenvalue weighted by molar-refractivity contribution is -0.139. The molecule has 0 aliphatic carbocycles. The van der Waals surface area contributed by atoms with E-state index in [9.17, 15) is 9.59 Å². The molecule has 0 spiro atoms. The van der Waals surface area contributed by atoms with Crippen LogP contribution in [0.2, 0.25) is 0 Å². The van der Waals surface area contributed by atoms with Crippen molar-refractivity contribution in [3.05, 3.63) is 59.0 Å². The first-order valence-corrected chi connectivity index (χ1v) is 10.7. The summed E-state index contributed by atoms with van der Waals surface area (Å²) in [5.41, 5.74) is 1.52. The van der Waals surface area contributed by atoms with Gasteiger partial charge in [0.2, 0.25) is 0 Å². The van der Waals surface area contributed by atoms with Crippen molar-refractivity contribution in [3.63, 3.8) is 0 Å². The fourth-order valence-electron chi connectivity index (χ4n) is 2.93. The predicted molar refractivity (Wildman–Crippen MR) is 122 cm³/mol. The molecule has 3 rings (SSSR count). The van der Waals surface area contributed by atoms with E-state index in [4.69, 9.17) is 14.6 Å². The van der Waals surface area contributed by atoms with E-state index in [1.54, 1.807) is 29.2 Å². The number of carbonyl (C=O) groups excluding carboxylic acids is 1. The standard InChI is InChI=1S/C23H24N2O5S/c1-4-29-19-12-16(10-11-18(19)30-14-21(26)27)13-20-22(28)25(15(2)3)23(31-20)24-17-8-6-5-7-9-17/h5-13,15H,4,14H2,1-3H3,(H,26,27)/b20-13+,24-23?. The first-order valence-electron chi connectivity index (χ1n) is 9.87. The summed E-state index contributed by atoms with van der Waals surface area (Å²) in [5.74, 6) is -0.418. The van der Waals surface area contributed by atoms with E-state index in [2.05, 4.69) is 4.99 Å². The van der Waals surface area contributed by atoms with Crippen LogP contribution in [0.4, 0.5) is 5.69 Å². The molecule has 0 atom stereocenters. The van der Waals surface area contributed by atoms with Crippen LogP contribution in [0.3, 0.4) is 0 Å². The van der Waals surface area contributed by atoms with E-state index in [0.29, 0.717) is 28.2 Å². The number of para-hydroxylation sites is 1. The molecule has 1 N–H and O–H groups in total. The lowest BCUT2D eigenvalue weighted by Gasteiger charge is -2.19. The summed E-state index contributed by atoms with van der Waals surface area (Å²) in [5, 5.41) is 9.47. The van der Waals surface area contributed by atoms with Crippen molar-refractivity contribution in [1.29, 1.82) is 0 Å². The summed E-state index contributed by atoms with van der Waals surface area (Å²) in [6.07, 6.45) is 1.78. The topological polar surface area (TPSA) is 88.4 Å². The number of carboxylic acid groups (broad SMARTS) is 1. The number of hydrogen-bond donors (Lipinski definition) is 1. The Morgan fingerprint density at radius 3 is 2.55 bits per heavy atom. The molecule has 2 aromatic carbocycles. The minimum atomic E-state index is -1.07. The highest BCUT2D eigenvalue weighted by Crippen LogP contribution is 2.36. The van der Waals surface area contributed by atoms with Crippen molar-refractivity contribution < 1.29 is 24.2 Å². The zero-order chi connectivity index (χ0) is 22.4. The number of nitrogens with zero attached hydrogens (tertiary/aromatic N) is 2. The van der Waals surface area contributed by atoms with Crippen LogP contribution in [0.15, 0.2) is 58.4 Å². The maximum atomic E-state index is 13.0. The molecular formula is C23H24N2O5S. The molecular weight excluding hydrogens is 416 g/mol. The third-order valence-corrected chi connectivity index (χ3v) is 5.23. The summed E-state index contributed by atoms with van der Waals surface area (Å²) in [7, 11) is 0. The summed E-state index contributed by atoms with van der Waals surface area (Å²) >= 11 is 1.32. The van der Waals surface area contributed by atoms with Gasteiger partial charge in [-0.15, -0.1) is 0 Å². The zero-order valence-corrected chi connectivity index (χ0v) is 18.4. The molecule has 7 nitrogen and oxygen atoms in total. The molecule has 8 heteroatoms. The van der Waals surface area contributed by atoms with Gasteiger partial charge in [-0.2, -0.15) is 0 Å². The van der Waals surface area contributed by atoms with E-state index < -0.39 is 12.6 Å². The molecule has 1 heterocycles. The number of amidine groups is 1. The quantitative estimate of drug-likeness (QED) is 0.606. The van der Waals surface area contributed by atoms with Crippen molar-refractivity contribution in [2.75, 3.05) is 13.2 Å². The molecule has 2 aromatic rings. The van der Waals surface area contributed by atoms with Crippen molar-refractivity contribution in [2.45, 2.75) is 26.8 Å². The van der Waals surface area contributed by atoms with Gasteiger partial charge >= 0.3 is 5.97 Å². The number of rotatable bonds is 8. The van der Waals surface area contributed by atoms with Crippen LogP contribution in [-0.2, 0) is 9.59 Å². The average Bonchev–Trinajstić information content (AvgIpc) is 3.03. The Hall–Kier alpha value is -3.26. The minimum Gasteiger partial charge on any atom is -0.490 e. The van der Waals surface area contributed by atoms with Crippen LogP contribution in [0.1, 0.15) is 26.3 Å². The smallest absolute Gasteiger partial charge is 0.341 e. The van der Waals surface area contributed by atoms with Crippen LogP contribution >= 0.6 is 11.8 Å². The second-order valence-electron chi connectivity index (χ2n) is 6.93. The number of hydrogen-bond acceptors (Lipinski definition) is 6. The number of thioether (sulfide) groups is 1. The normalized spacial score (nSPS) is 16.4. The van der Waals surface area contributed by atoms with Gasteiger partial charge in [0.1, 0.15) is 0 Å². The molecule has 1 aliphatic rings. The molecule has 0 bridgehead atoms. The van der Waals surface area contributed by atoms with Gasteiger partial charge in [0.15, 0.2) is 23.3 Å². The Bertz CT molecular complexity index is 1020. The van der Waals surface area contributed by atoms with Gasteiger partial charge in [0.25, 0.3) is 5.91 Å². The Labute approximate surface area is 185 Å². The van der Waals surface area contributed by atoms with Gasteiger partial charge in [-0.05, 0) is 68.4 Å². The van der Waals surface area contributed by atoms with E-state index in [1.807, 2.05) is 51.1 Å². The van der Waals surface area contributed by atoms with Crippen molar-refractivity contribution >= 4 is 40.6 Å². The van der Waals surface area contributed by atoms with Crippen molar-refractivity contribution in [1.82, 2.24) is 4.90 Å². The highest BCUT2D eigenvalue weighted by molar-refractivity contribution is 8.18. The van der Waals surface area contributed by atoms with Crippen LogP contribution in [0, 0.1) is 0 Å². The third-order valence-electron chi connectivity index (χ3n) is 4.25. The van der Waals surface area contributed by atoms with Gasteiger partial charge in [-0.25, -0.2) is 9.79 Å². The van der Waals surface area contributed by atoms with Crippen LogP contribution in [0.5, 0.6) is 11.5 Å². The molecule has 31 heavy (non-hydrogen) atoms. The Balaban J connectivity index is 1.91. The maximum absolute atomic E-state index is 13.0. The van der Waals surface area contributed by atoms with Gasteiger partial charge < -0.3 is 14.6 Å². The van der Waals surface area contributed by atoms with Crippen LogP contribution < -0.4 is 9.47 Å². The molecule has 1 saturated heterocycles. The number of aliphatic carboxylic acids is 1. The molecule has 1 aliphatic heterocycles. The SMILES string of the molecule is CCOc1cc(/C=C2/SC(=Nc3ccccc3)N(C(C)C)C2=O)ccc1OCC(=O)O. The van der Waals surface area contributed by atoms with Gasteiger partial charge in [0.05, 0.1) is 17.2 Å². The molecule has 0 aromatic heterocycles. The number of carboxylic acids is 1. The van der Waals surface area contributed by atoms with Gasteiger partial charge in [-0.3, -0.25) is 9.69 Å². The molecule has 1 amide bonds. The summed E-state index contributed by atoms with van der Waals surface area (Å²) < 4.78 is 10.9. The van der Waals surface area contributed by atoms with Crippen LogP contribution in [-0.4, -0.2) is 46.3 Å². The largest absolute Gasteiger partial charge is 0.490 e. The molecule has 0 radical (unpaired) electrons. The number of carbonyl (C=O) groups is 2. The van der Waals surface area contributed by atoms with E-state index in [-0.39, 0.29) is 11.9 Å². The summed E-state index contributed by atoms with van der Waals surface area (Å²) in [4.78, 5) is 30.7. The van der Waals surface area contributed by atoms with Gasteiger partial charge in [-0.1, -0.05) is 24.3 Å². The van der Waals surface area contributed by atoms with Gasteiger partial charge in [0, 0.05) is 6.04 Å². The maximum Gasteiger partial charge on any atom is 0.341 e. The summed E-state index contributed by atoms with van der Waals surface area (Å²) in [6.45, 7) is 5.66. The molecule has 0 saturated carbocycles. The summed E-state index contributed by atoms with van der Waals surface area (Å²) in [6, 6.07) is 14.6. The molecule has 1 fully saturated rings. The minimum absolute atomic E-state index is 0.0425. The zero-order valence-electron chi connectivity index (χ0n) is 17.6. The van der Waals surface area contributed by atoms with Crippen molar-refractivity contribution in [3.8, 4) is 11.5 Å². The first kappa shape index (κ1) is 22.4. The van der Waals surface area contributed by atoms with E-state index in [0.717, 1.165) is 11.3 Å². The van der Waals surface area contributed by atoms with E-state index in [1.165, 1.54) is 11.8 Å². The average molecular weight is 441 g/mol. The Morgan fingerprint density at radius 2 is 1.90 bits per heavy atom. The third kappa shape index (κ3) is 5.67. The molecule has 0 unspecified atom stereocenters. The number of benzene rings is 2. The van der Waals surface area contributed by atoms with Crippen LogP contribution in [0.25, 0.3) is 6.08 Å². The number of aliphatic imine (C=N–C) groups is 1. The highest BCUT2D eigenvalue weighted by Gasteiger charge is 2.35.